The van der Waals surface area contributed by atoms with Gasteiger partial charge in [-0.1, -0.05) is 25.6 Å². The monoisotopic (exact) mass is 327 g/mol. The van der Waals surface area contributed by atoms with Gasteiger partial charge in [-0.05, 0) is 37.3 Å². The number of hydrogen-bond donors (Lipinski definition) is 1. The SMILES string of the molecule is CCC1CCCN(S(=O)(=O)c2cccnc2C(N)=S)CC1. The highest BCUT2D eigenvalue weighted by molar-refractivity contribution is 7.89. The summed E-state index contributed by atoms with van der Waals surface area (Å²) in [5.41, 5.74) is 5.79. The Labute approximate surface area is 131 Å². The van der Waals surface area contributed by atoms with Crippen molar-refractivity contribution in [1.29, 1.82) is 0 Å². The van der Waals surface area contributed by atoms with Crippen LogP contribution in [0, 0.1) is 5.92 Å². The van der Waals surface area contributed by atoms with Crippen LogP contribution in [0.2, 0.25) is 0 Å². The largest absolute Gasteiger partial charge is 0.388 e. The molecule has 116 valence electrons. The molecular weight excluding hydrogens is 306 g/mol. The van der Waals surface area contributed by atoms with Crippen LogP contribution in [0.15, 0.2) is 23.2 Å². The number of thiocarbonyl (C=S) groups is 1. The summed E-state index contributed by atoms with van der Waals surface area (Å²) in [5, 5.41) is 0. The highest BCUT2D eigenvalue weighted by Crippen LogP contribution is 2.25. The minimum Gasteiger partial charge on any atom is -0.388 e. The van der Waals surface area contributed by atoms with Gasteiger partial charge >= 0.3 is 0 Å². The second-order valence-corrected chi connectivity index (χ2v) is 7.67. The van der Waals surface area contributed by atoms with Crippen LogP contribution in [-0.2, 0) is 10.0 Å². The predicted molar refractivity (Wildman–Crippen MR) is 86.5 cm³/mol. The molecule has 21 heavy (non-hydrogen) atoms. The van der Waals surface area contributed by atoms with Crippen molar-refractivity contribution in [2.24, 2.45) is 11.7 Å². The van der Waals surface area contributed by atoms with Crippen LogP contribution in [0.25, 0.3) is 0 Å². The molecule has 0 bridgehead atoms. The van der Waals surface area contributed by atoms with Crippen molar-refractivity contribution in [1.82, 2.24) is 9.29 Å². The van der Waals surface area contributed by atoms with E-state index in [0.29, 0.717) is 19.0 Å². The predicted octanol–water partition coefficient (Wildman–Crippen LogP) is 1.92. The Morgan fingerprint density at radius 1 is 1.48 bits per heavy atom. The standard InChI is InChI=1S/C14H21N3O2S2/c1-2-11-5-4-9-17(10-7-11)21(18,19)12-6-3-8-16-13(12)14(15)20/h3,6,8,11H,2,4-5,7,9-10H2,1H3,(H2,15,20). The molecule has 2 heterocycles. The van der Waals surface area contributed by atoms with Gasteiger partial charge in [0.15, 0.2) is 0 Å². The first-order chi connectivity index (χ1) is 9.96. The lowest BCUT2D eigenvalue weighted by Crippen LogP contribution is -2.33. The van der Waals surface area contributed by atoms with Crippen molar-refractivity contribution in [2.75, 3.05) is 13.1 Å². The normalized spacial score (nSPS) is 20.9. The van der Waals surface area contributed by atoms with E-state index >= 15 is 0 Å². The number of hydrogen-bond acceptors (Lipinski definition) is 4. The minimum atomic E-state index is -3.59. The molecule has 0 amide bonds. The smallest absolute Gasteiger partial charge is 0.245 e. The summed E-state index contributed by atoms with van der Waals surface area (Å²) in [6.07, 6.45) is 5.47. The summed E-state index contributed by atoms with van der Waals surface area (Å²) in [5.74, 6) is 0.606. The van der Waals surface area contributed by atoms with Crippen molar-refractivity contribution < 1.29 is 8.42 Å². The third-order valence-corrected chi connectivity index (χ3v) is 6.13. The Bertz CT molecular complexity index is 616. The minimum absolute atomic E-state index is 0.00966. The average Bonchev–Trinajstić information content (AvgIpc) is 2.73. The number of pyridine rings is 1. The molecule has 5 nitrogen and oxygen atoms in total. The number of nitrogens with zero attached hydrogens (tertiary/aromatic N) is 2. The molecule has 0 aromatic carbocycles. The van der Waals surface area contributed by atoms with Crippen LogP contribution >= 0.6 is 12.2 Å². The summed E-state index contributed by atoms with van der Waals surface area (Å²) >= 11 is 4.92. The molecule has 1 saturated heterocycles. The summed E-state index contributed by atoms with van der Waals surface area (Å²) in [6.45, 7) is 3.25. The quantitative estimate of drug-likeness (QED) is 0.855. The fraction of sp³-hybridized carbons (Fsp3) is 0.571. The average molecular weight is 327 g/mol. The molecule has 1 aliphatic rings. The van der Waals surface area contributed by atoms with Gasteiger partial charge in [-0.15, -0.1) is 0 Å². The maximum Gasteiger partial charge on any atom is 0.245 e. The fourth-order valence-electron chi connectivity index (χ4n) is 2.71. The lowest BCUT2D eigenvalue weighted by atomic mass is 9.98. The molecule has 1 aromatic rings. The molecular formula is C14H21N3O2S2. The Balaban J connectivity index is 2.32. The number of sulfonamides is 1. The fourth-order valence-corrected chi connectivity index (χ4v) is 4.59. The van der Waals surface area contributed by atoms with E-state index in [-0.39, 0.29) is 15.6 Å². The molecule has 2 N–H and O–H groups in total. The van der Waals surface area contributed by atoms with Gasteiger partial charge in [0, 0.05) is 19.3 Å². The van der Waals surface area contributed by atoms with Gasteiger partial charge in [0.25, 0.3) is 0 Å². The molecule has 2 rings (SSSR count). The number of aromatic nitrogens is 1. The van der Waals surface area contributed by atoms with Crippen molar-refractivity contribution in [3.63, 3.8) is 0 Å². The van der Waals surface area contributed by atoms with Crippen molar-refractivity contribution in [3.8, 4) is 0 Å². The highest BCUT2D eigenvalue weighted by Gasteiger charge is 2.30. The van der Waals surface area contributed by atoms with Crippen LogP contribution in [0.4, 0.5) is 0 Å². The summed E-state index contributed by atoms with van der Waals surface area (Å²) in [7, 11) is -3.59. The van der Waals surface area contributed by atoms with Gasteiger partial charge in [-0.25, -0.2) is 8.42 Å². The van der Waals surface area contributed by atoms with E-state index in [1.165, 1.54) is 12.3 Å². The molecule has 0 aliphatic carbocycles. The van der Waals surface area contributed by atoms with Crippen LogP contribution in [0.1, 0.15) is 38.3 Å². The molecule has 1 aromatic heterocycles. The molecule has 1 unspecified atom stereocenters. The third kappa shape index (κ3) is 3.59. The summed E-state index contributed by atoms with van der Waals surface area (Å²) in [6, 6.07) is 3.13. The summed E-state index contributed by atoms with van der Waals surface area (Å²) in [4.78, 5) is 4.15. The highest BCUT2D eigenvalue weighted by atomic mass is 32.2. The van der Waals surface area contributed by atoms with Crippen LogP contribution in [0.3, 0.4) is 0 Å². The first-order valence-corrected chi connectivity index (χ1v) is 9.06. The molecule has 1 fully saturated rings. The molecule has 0 spiro atoms. The van der Waals surface area contributed by atoms with Gasteiger partial charge < -0.3 is 5.73 Å². The topological polar surface area (TPSA) is 76.3 Å². The van der Waals surface area contributed by atoms with E-state index in [2.05, 4.69) is 11.9 Å². The van der Waals surface area contributed by atoms with Gasteiger partial charge in [0.2, 0.25) is 10.0 Å². The van der Waals surface area contributed by atoms with E-state index < -0.39 is 10.0 Å². The second kappa shape index (κ2) is 6.81. The van der Waals surface area contributed by atoms with E-state index in [9.17, 15) is 8.42 Å². The lowest BCUT2D eigenvalue weighted by Gasteiger charge is -2.21. The van der Waals surface area contributed by atoms with E-state index in [4.69, 9.17) is 18.0 Å². The molecule has 0 radical (unpaired) electrons. The van der Waals surface area contributed by atoms with E-state index in [1.54, 1.807) is 10.4 Å². The van der Waals surface area contributed by atoms with Crippen LogP contribution in [-0.4, -0.2) is 35.8 Å². The zero-order valence-corrected chi connectivity index (χ0v) is 13.8. The Kier molecular flexibility index (Phi) is 5.29. The zero-order valence-electron chi connectivity index (χ0n) is 12.2. The Morgan fingerprint density at radius 2 is 2.24 bits per heavy atom. The molecule has 7 heteroatoms. The van der Waals surface area contributed by atoms with Gasteiger partial charge in [-0.3, -0.25) is 4.98 Å². The first-order valence-electron chi connectivity index (χ1n) is 7.21. The third-order valence-electron chi connectivity index (χ3n) is 4.01. The Hall–Kier alpha value is -1.05. The van der Waals surface area contributed by atoms with Crippen LogP contribution in [0.5, 0.6) is 0 Å². The maximum atomic E-state index is 12.8. The number of rotatable bonds is 4. The summed E-state index contributed by atoms with van der Waals surface area (Å²) < 4.78 is 27.2. The second-order valence-electron chi connectivity index (χ2n) is 5.32. The van der Waals surface area contributed by atoms with Crippen molar-refractivity contribution in [3.05, 3.63) is 24.0 Å². The molecule has 1 aliphatic heterocycles. The lowest BCUT2D eigenvalue weighted by molar-refractivity contribution is 0.407. The van der Waals surface area contributed by atoms with Gasteiger partial charge in [0.05, 0.1) is 0 Å². The van der Waals surface area contributed by atoms with Crippen LogP contribution < -0.4 is 5.73 Å². The van der Waals surface area contributed by atoms with E-state index in [1.807, 2.05) is 0 Å². The van der Waals surface area contributed by atoms with Crippen molar-refractivity contribution in [2.45, 2.75) is 37.5 Å². The van der Waals surface area contributed by atoms with Crippen molar-refractivity contribution >= 4 is 27.2 Å². The van der Waals surface area contributed by atoms with Gasteiger partial charge in [-0.2, -0.15) is 4.31 Å². The molecule has 0 saturated carbocycles. The number of nitrogens with two attached hydrogens (primary N) is 1. The Morgan fingerprint density at radius 3 is 2.90 bits per heavy atom. The first kappa shape index (κ1) is 16.3. The van der Waals surface area contributed by atoms with E-state index in [0.717, 1.165) is 25.7 Å². The zero-order chi connectivity index (χ0) is 15.5. The molecule has 1 atom stereocenters. The van der Waals surface area contributed by atoms with Gasteiger partial charge in [0.1, 0.15) is 15.6 Å². The maximum absolute atomic E-state index is 12.8.